The van der Waals surface area contributed by atoms with E-state index in [-0.39, 0.29) is 5.60 Å². The molecule has 0 bridgehead atoms. The quantitative estimate of drug-likeness (QED) is 0.735. The molecule has 2 fully saturated rings. The number of piperidine rings is 1. The second-order valence-electron chi connectivity index (χ2n) is 5.82. The van der Waals surface area contributed by atoms with Crippen LogP contribution in [0.5, 0.6) is 0 Å². The van der Waals surface area contributed by atoms with Crippen LogP contribution in [0, 0.1) is 5.92 Å². The van der Waals surface area contributed by atoms with Crippen LogP contribution in [0.3, 0.4) is 0 Å². The van der Waals surface area contributed by atoms with Gasteiger partial charge >= 0.3 is 0 Å². The van der Waals surface area contributed by atoms with E-state index >= 15 is 0 Å². The third-order valence-corrected chi connectivity index (χ3v) is 4.21. The predicted octanol–water partition coefficient (Wildman–Crippen LogP) is 1.88. The SMILES string of the molecule is CCCN(CC1CC1)CC1(OC)CCNCC1. The third kappa shape index (κ3) is 3.94. The molecular weight excluding hydrogens is 212 g/mol. The maximum absolute atomic E-state index is 5.88. The minimum Gasteiger partial charge on any atom is -0.377 e. The summed E-state index contributed by atoms with van der Waals surface area (Å²) in [6.07, 6.45) is 6.47. The van der Waals surface area contributed by atoms with Crippen molar-refractivity contribution in [1.29, 1.82) is 0 Å². The first-order chi connectivity index (χ1) is 8.28. The Labute approximate surface area is 106 Å². The van der Waals surface area contributed by atoms with Gasteiger partial charge in [0.2, 0.25) is 0 Å². The van der Waals surface area contributed by atoms with Gasteiger partial charge in [-0.3, -0.25) is 0 Å². The lowest BCUT2D eigenvalue weighted by molar-refractivity contribution is -0.0578. The van der Waals surface area contributed by atoms with Crippen LogP contribution in [0.15, 0.2) is 0 Å². The fraction of sp³-hybridized carbons (Fsp3) is 1.00. The Bertz CT molecular complexity index is 222. The monoisotopic (exact) mass is 240 g/mol. The lowest BCUT2D eigenvalue weighted by Crippen LogP contribution is -2.51. The Hall–Kier alpha value is -0.120. The van der Waals surface area contributed by atoms with Crippen molar-refractivity contribution >= 4 is 0 Å². The summed E-state index contributed by atoms with van der Waals surface area (Å²) in [5.41, 5.74) is 0.120. The molecule has 1 heterocycles. The van der Waals surface area contributed by atoms with E-state index in [1.54, 1.807) is 0 Å². The summed E-state index contributed by atoms with van der Waals surface area (Å²) in [5, 5.41) is 3.43. The molecule has 3 heteroatoms. The summed E-state index contributed by atoms with van der Waals surface area (Å²) in [7, 11) is 1.90. The van der Waals surface area contributed by atoms with E-state index in [1.165, 1.54) is 32.4 Å². The number of hydrogen-bond acceptors (Lipinski definition) is 3. The highest BCUT2D eigenvalue weighted by Gasteiger charge is 2.35. The van der Waals surface area contributed by atoms with Crippen LogP contribution in [0.4, 0.5) is 0 Å². The number of ether oxygens (including phenoxy) is 1. The number of hydrogen-bond donors (Lipinski definition) is 1. The van der Waals surface area contributed by atoms with Crippen LogP contribution in [0.25, 0.3) is 0 Å². The van der Waals surface area contributed by atoms with Gasteiger partial charge < -0.3 is 15.0 Å². The van der Waals surface area contributed by atoms with Crippen molar-refractivity contribution in [3.05, 3.63) is 0 Å². The molecule has 1 aliphatic carbocycles. The summed E-state index contributed by atoms with van der Waals surface area (Å²) >= 11 is 0. The van der Waals surface area contributed by atoms with E-state index in [9.17, 15) is 0 Å². The lowest BCUT2D eigenvalue weighted by Gasteiger charge is -2.40. The zero-order valence-corrected chi connectivity index (χ0v) is 11.5. The minimum atomic E-state index is 0.120. The first-order valence-electron chi connectivity index (χ1n) is 7.26. The van der Waals surface area contributed by atoms with Gasteiger partial charge in [0, 0.05) is 20.2 Å². The lowest BCUT2D eigenvalue weighted by atomic mass is 9.91. The van der Waals surface area contributed by atoms with E-state index < -0.39 is 0 Å². The Morgan fingerprint density at radius 1 is 1.29 bits per heavy atom. The van der Waals surface area contributed by atoms with Gasteiger partial charge in [-0.15, -0.1) is 0 Å². The van der Waals surface area contributed by atoms with Gasteiger partial charge in [-0.05, 0) is 57.7 Å². The van der Waals surface area contributed by atoms with Crippen LogP contribution >= 0.6 is 0 Å². The van der Waals surface area contributed by atoms with Crippen LogP contribution in [-0.4, -0.2) is 50.3 Å². The molecule has 2 aliphatic rings. The summed E-state index contributed by atoms with van der Waals surface area (Å²) < 4.78 is 5.88. The number of rotatable bonds is 7. The van der Waals surface area contributed by atoms with Gasteiger partial charge in [0.25, 0.3) is 0 Å². The van der Waals surface area contributed by atoms with Crippen LogP contribution in [0.2, 0.25) is 0 Å². The van der Waals surface area contributed by atoms with Gasteiger partial charge in [0.05, 0.1) is 5.60 Å². The van der Waals surface area contributed by atoms with Gasteiger partial charge in [-0.1, -0.05) is 6.92 Å². The average molecular weight is 240 g/mol. The van der Waals surface area contributed by atoms with Crippen molar-refractivity contribution in [2.45, 2.75) is 44.6 Å². The normalized spacial score (nSPS) is 24.2. The molecule has 0 amide bonds. The molecule has 0 aromatic rings. The Morgan fingerprint density at radius 3 is 2.53 bits per heavy atom. The molecule has 0 aromatic carbocycles. The second-order valence-corrected chi connectivity index (χ2v) is 5.82. The summed E-state index contributed by atoms with van der Waals surface area (Å²) in [6.45, 7) is 8.16. The zero-order chi connectivity index (χ0) is 12.1. The standard InChI is InChI=1S/C14H28N2O/c1-3-10-16(11-13-4-5-13)12-14(17-2)6-8-15-9-7-14/h13,15H,3-12H2,1-2H3. The topological polar surface area (TPSA) is 24.5 Å². The third-order valence-electron chi connectivity index (χ3n) is 4.21. The average Bonchev–Trinajstić information content (AvgIpc) is 3.14. The molecule has 0 spiro atoms. The first kappa shape index (κ1) is 13.3. The molecule has 0 unspecified atom stereocenters. The van der Waals surface area contributed by atoms with E-state index in [4.69, 9.17) is 4.74 Å². The summed E-state index contributed by atoms with van der Waals surface area (Å²) in [6, 6.07) is 0. The highest BCUT2D eigenvalue weighted by molar-refractivity contribution is 4.90. The van der Waals surface area contributed by atoms with Crippen LogP contribution in [-0.2, 0) is 4.74 Å². The summed E-state index contributed by atoms with van der Waals surface area (Å²) in [5.74, 6) is 0.983. The zero-order valence-electron chi connectivity index (χ0n) is 11.5. The molecular formula is C14H28N2O. The highest BCUT2D eigenvalue weighted by Crippen LogP contribution is 2.31. The molecule has 100 valence electrons. The van der Waals surface area contributed by atoms with E-state index in [2.05, 4.69) is 17.1 Å². The second kappa shape index (κ2) is 6.17. The number of methoxy groups -OCH3 is 1. The molecule has 17 heavy (non-hydrogen) atoms. The number of nitrogens with one attached hydrogen (secondary N) is 1. The van der Waals surface area contributed by atoms with Gasteiger partial charge in [0.15, 0.2) is 0 Å². The first-order valence-corrected chi connectivity index (χ1v) is 7.26. The molecule has 1 saturated heterocycles. The van der Waals surface area contributed by atoms with Crippen molar-refractivity contribution < 1.29 is 4.74 Å². The van der Waals surface area contributed by atoms with Crippen molar-refractivity contribution in [1.82, 2.24) is 10.2 Å². The molecule has 2 rings (SSSR count). The predicted molar refractivity (Wildman–Crippen MR) is 71.3 cm³/mol. The van der Waals surface area contributed by atoms with Crippen molar-refractivity contribution in [2.75, 3.05) is 39.8 Å². The van der Waals surface area contributed by atoms with Crippen LogP contribution in [0.1, 0.15) is 39.0 Å². The highest BCUT2D eigenvalue weighted by atomic mass is 16.5. The van der Waals surface area contributed by atoms with Gasteiger partial charge in [-0.25, -0.2) is 0 Å². The smallest absolute Gasteiger partial charge is 0.0829 e. The Morgan fingerprint density at radius 2 is 2.00 bits per heavy atom. The fourth-order valence-electron chi connectivity index (χ4n) is 2.93. The van der Waals surface area contributed by atoms with E-state index in [0.717, 1.165) is 38.4 Å². The van der Waals surface area contributed by atoms with E-state index in [0.29, 0.717) is 0 Å². The molecule has 1 N–H and O–H groups in total. The molecule has 0 atom stereocenters. The Balaban J connectivity index is 1.87. The fourth-order valence-corrected chi connectivity index (χ4v) is 2.93. The van der Waals surface area contributed by atoms with Gasteiger partial charge in [0.1, 0.15) is 0 Å². The van der Waals surface area contributed by atoms with Crippen molar-refractivity contribution in [2.24, 2.45) is 5.92 Å². The van der Waals surface area contributed by atoms with Crippen LogP contribution < -0.4 is 5.32 Å². The largest absolute Gasteiger partial charge is 0.377 e. The Kier molecular flexibility index (Phi) is 4.83. The maximum atomic E-state index is 5.88. The minimum absolute atomic E-state index is 0.120. The van der Waals surface area contributed by atoms with Crippen molar-refractivity contribution in [3.63, 3.8) is 0 Å². The van der Waals surface area contributed by atoms with Crippen molar-refractivity contribution in [3.8, 4) is 0 Å². The molecule has 3 nitrogen and oxygen atoms in total. The molecule has 0 radical (unpaired) electrons. The maximum Gasteiger partial charge on any atom is 0.0829 e. The molecule has 1 saturated carbocycles. The summed E-state index contributed by atoms with van der Waals surface area (Å²) in [4.78, 5) is 2.65. The molecule has 0 aromatic heterocycles. The molecule has 1 aliphatic heterocycles. The van der Waals surface area contributed by atoms with E-state index in [1.807, 2.05) is 7.11 Å². The number of nitrogens with zero attached hydrogens (tertiary/aromatic N) is 1. The van der Waals surface area contributed by atoms with Gasteiger partial charge in [-0.2, -0.15) is 0 Å².